The number of hydrogen-bond acceptors (Lipinski definition) is 2. The van der Waals surface area contributed by atoms with Gasteiger partial charge in [-0.05, 0) is 19.3 Å². The molecule has 62 valence electrons. The van der Waals surface area contributed by atoms with Crippen LogP contribution in [0, 0.1) is 0 Å². The lowest BCUT2D eigenvalue weighted by atomic mass is 10.2. The quantitative estimate of drug-likeness (QED) is 0.545. The average molecular weight is 174 g/mol. The average Bonchev–Trinajstić information content (AvgIpc) is 2.50. The highest BCUT2D eigenvalue weighted by molar-refractivity contribution is 6.17. The van der Waals surface area contributed by atoms with Gasteiger partial charge < -0.3 is 0 Å². The van der Waals surface area contributed by atoms with Crippen molar-refractivity contribution < 1.29 is 0 Å². The van der Waals surface area contributed by atoms with Crippen LogP contribution in [0.15, 0.2) is 6.20 Å². The van der Waals surface area contributed by atoms with Gasteiger partial charge in [-0.15, -0.1) is 11.6 Å². The van der Waals surface area contributed by atoms with Crippen LogP contribution in [0.25, 0.3) is 0 Å². The van der Waals surface area contributed by atoms with Gasteiger partial charge in [0.2, 0.25) is 0 Å². The van der Waals surface area contributed by atoms with Gasteiger partial charge in [0.1, 0.15) is 0 Å². The Morgan fingerprint density at radius 1 is 1.36 bits per heavy atom. The van der Waals surface area contributed by atoms with Gasteiger partial charge in [0.25, 0.3) is 0 Å². The van der Waals surface area contributed by atoms with E-state index in [1.807, 2.05) is 0 Å². The Hall–Kier alpha value is -0.570. The van der Waals surface area contributed by atoms with Crippen molar-refractivity contribution in [2.24, 2.45) is 0 Å². The molecule has 0 fully saturated rings. The van der Waals surface area contributed by atoms with Crippen molar-refractivity contribution in [3.05, 3.63) is 11.9 Å². The topological polar surface area (TPSA) is 41.6 Å². The molecule has 1 aromatic heterocycles. The Labute approximate surface area is 71.1 Å². The van der Waals surface area contributed by atoms with Gasteiger partial charge in [-0.2, -0.15) is 15.4 Å². The number of aromatic nitrogens is 3. The summed E-state index contributed by atoms with van der Waals surface area (Å²) in [5.74, 6) is 0.763. The second-order valence-corrected chi connectivity index (χ2v) is 2.84. The first-order valence-electron chi connectivity index (χ1n) is 3.84. The first-order chi connectivity index (χ1) is 5.43. The standard InChI is InChI=1S/C7H12ClN3/c8-5-3-1-2-4-7-6-9-11-10-7/h6H,1-5H2,(H,9,10,11). The Morgan fingerprint density at radius 2 is 2.27 bits per heavy atom. The molecule has 0 saturated heterocycles. The van der Waals surface area contributed by atoms with Crippen LogP contribution in [0.5, 0.6) is 0 Å². The van der Waals surface area contributed by atoms with E-state index in [2.05, 4.69) is 15.4 Å². The van der Waals surface area contributed by atoms with Gasteiger partial charge in [-0.1, -0.05) is 6.42 Å². The lowest BCUT2D eigenvalue weighted by Gasteiger charge is -1.93. The molecular weight excluding hydrogens is 162 g/mol. The molecule has 0 aliphatic carbocycles. The SMILES string of the molecule is ClCCCCCc1cn[nH]n1. The molecule has 0 unspecified atom stereocenters. The maximum Gasteiger partial charge on any atom is 0.0824 e. The van der Waals surface area contributed by atoms with Crippen LogP contribution < -0.4 is 0 Å². The zero-order valence-corrected chi connectivity index (χ0v) is 7.14. The number of nitrogens with zero attached hydrogens (tertiary/aromatic N) is 2. The largest absolute Gasteiger partial charge is 0.198 e. The fraction of sp³-hybridized carbons (Fsp3) is 0.714. The zero-order chi connectivity index (χ0) is 7.94. The highest BCUT2D eigenvalue weighted by Gasteiger charge is 1.94. The maximum absolute atomic E-state index is 5.53. The number of aromatic amines is 1. The third kappa shape index (κ3) is 3.37. The third-order valence-electron chi connectivity index (χ3n) is 1.53. The first kappa shape index (κ1) is 8.53. The fourth-order valence-corrected chi connectivity index (χ4v) is 1.11. The van der Waals surface area contributed by atoms with Crippen LogP contribution in [0.3, 0.4) is 0 Å². The van der Waals surface area contributed by atoms with Gasteiger partial charge in [0.15, 0.2) is 0 Å². The Balaban J connectivity index is 2.04. The number of nitrogens with one attached hydrogen (secondary N) is 1. The Bertz CT molecular complexity index is 174. The van der Waals surface area contributed by atoms with E-state index in [-0.39, 0.29) is 0 Å². The van der Waals surface area contributed by atoms with Gasteiger partial charge in [-0.3, -0.25) is 0 Å². The van der Waals surface area contributed by atoms with Gasteiger partial charge in [-0.25, -0.2) is 0 Å². The van der Waals surface area contributed by atoms with Crippen molar-refractivity contribution >= 4 is 11.6 Å². The van der Waals surface area contributed by atoms with Crippen LogP contribution >= 0.6 is 11.6 Å². The summed E-state index contributed by atoms with van der Waals surface area (Å²) >= 11 is 5.53. The molecule has 1 rings (SSSR count). The molecule has 0 aromatic carbocycles. The van der Waals surface area contributed by atoms with Crippen molar-refractivity contribution in [3.8, 4) is 0 Å². The van der Waals surface area contributed by atoms with Gasteiger partial charge >= 0.3 is 0 Å². The highest BCUT2D eigenvalue weighted by atomic mass is 35.5. The second kappa shape index (κ2) is 5.13. The number of rotatable bonds is 5. The normalized spacial score (nSPS) is 10.3. The minimum Gasteiger partial charge on any atom is -0.198 e. The molecule has 1 heterocycles. The molecule has 11 heavy (non-hydrogen) atoms. The molecule has 0 radical (unpaired) electrons. The van der Waals surface area contributed by atoms with Crippen LogP contribution in [0.4, 0.5) is 0 Å². The molecule has 0 amide bonds. The predicted molar refractivity (Wildman–Crippen MR) is 44.7 cm³/mol. The van der Waals surface area contributed by atoms with E-state index < -0.39 is 0 Å². The maximum atomic E-state index is 5.53. The Kier molecular flexibility index (Phi) is 3.98. The molecule has 0 bridgehead atoms. The van der Waals surface area contributed by atoms with E-state index in [4.69, 9.17) is 11.6 Å². The number of H-pyrrole nitrogens is 1. The minimum atomic E-state index is 0.763. The lowest BCUT2D eigenvalue weighted by Crippen LogP contribution is -1.86. The minimum absolute atomic E-state index is 0.763. The molecule has 0 aliphatic rings. The summed E-state index contributed by atoms with van der Waals surface area (Å²) in [5.41, 5.74) is 1.04. The lowest BCUT2D eigenvalue weighted by molar-refractivity contribution is 0.708. The van der Waals surface area contributed by atoms with Crippen LogP contribution in [-0.4, -0.2) is 21.3 Å². The molecule has 0 spiro atoms. The van der Waals surface area contributed by atoms with E-state index in [1.165, 1.54) is 6.42 Å². The summed E-state index contributed by atoms with van der Waals surface area (Å²) in [5, 5.41) is 10.2. The van der Waals surface area contributed by atoms with Crippen molar-refractivity contribution in [2.45, 2.75) is 25.7 Å². The summed E-state index contributed by atoms with van der Waals surface area (Å²) in [6.45, 7) is 0. The van der Waals surface area contributed by atoms with E-state index in [1.54, 1.807) is 6.20 Å². The van der Waals surface area contributed by atoms with E-state index in [0.29, 0.717) is 0 Å². The van der Waals surface area contributed by atoms with Crippen molar-refractivity contribution in [2.75, 3.05) is 5.88 Å². The fourth-order valence-electron chi connectivity index (χ4n) is 0.923. The first-order valence-corrected chi connectivity index (χ1v) is 4.37. The summed E-state index contributed by atoms with van der Waals surface area (Å²) in [6.07, 6.45) is 6.20. The summed E-state index contributed by atoms with van der Waals surface area (Å²) in [7, 11) is 0. The van der Waals surface area contributed by atoms with Gasteiger partial charge in [0, 0.05) is 5.88 Å². The molecule has 1 N–H and O–H groups in total. The molecule has 3 nitrogen and oxygen atoms in total. The van der Waals surface area contributed by atoms with E-state index in [9.17, 15) is 0 Å². The Morgan fingerprint density at radius 3 is 2.91 bits per heavy atom. The summed E-state index contributed by atoms with van der Waals surface area (Å²) in [6, 6.07) is 0. The molecule has 1 aromatic rings. The molecule has 0 atom stereocenters. The molecular formula is C7H12ClN3. The van der Waals surface area contributed by atoms with Crippen LogP contribution in [-0.2, 0) is 6.42 Å². The van der Waals surface area contributed by atoms with Crippen LogP contribution in [0.1, 0.15) is 25.0 Å². The van der Waals surface area contributed by atoms with Crippen molar-refractivity contribution in [1.82, 2.24) is 15.4 Å². The molecule has 4 heteroatoms. The number of alkyl halides is 1. The monoisotopic (exact) mass is 173 g/mol. The van der Waals surface area contributed by atoms with E-state index in [0.717, 1.165) is 30.8 Å². The number of hydrogen-bond donors (Lipinski definition) is 1. The summed E-state index contributed by atoms with van der Waals surface area (Å²) in [4.78, 5) is 0. The number of halogens is 1. The third-order valence-corrected chi connectivity index (χ3v) is 1.80. The van der Waals surface area contributed by atoms with E-state index >= 15 is 0 Å². The highest BCUT2D eigenvalue weighted by Crippen LogP contribution is 2.02. The predicted octanol–water partition coefficient (Wildman–Crippen LogP) is 1.76. The second-order valence-electron chi connectivity index (χ2n) is 2.46. The summed E-state index contributed by atoms with van der Waals surface area (Å²) < 4.78 is 0. The molecule has 0 aliphatic heterocycles. The van der Waals surface area contributed by atoms with Crippen molar-refractivity contribution in [3.63, 3.8) is 0 Å². The zero-order valence-electron chi connectivity index (χ0n) is 6.39. The smallest absolute Gasteiger partial charge is 0.0824 e. The van der Waals surface area contributed by atoms with Gasteiger partial charge in [0.05, 0.1) is 11.9 Å². The number of unbranched alkanes of at least 4 members (excludes halogenated alkanes) is 2. The molecule has 0 saturated carbocycles. The van der Waals surface area contributed by atoms with Crippen molar-refractivity contribution in [1.29, 1.82) is 0 Å². The number of aryl methyl sites for hydroxylation is 1. The van der Waals surface area contributed by atoms with Crippen LogP contribution in [0.2, 0.25) is 0 Å².